The second kappa shape index (κ2) is 6.83. The highest BCUT2D eigenvalue weighted by Gasteiger charge is 2.15. The van der Waals surface area contributed by atoms with Crippen molar-refractivity contribution < 1.29 is 14.1 Å². The van der Waals surface area contributed by atoms with E-state index in [-0.39, 0.29) is 11.4 Å². The van der Waals surface area contributed by atoms with E-state index in [1.807, 2.05) is 0 Å². The zero-order chi connectivity index (χ0) is 12.7. The summed E-state index contributed by atoms with van der Waals surface area (Å²) in [5.41, 5.74) is -0.193. The van der Waals surface area contributed by atoms with Crippen LogP contribution in [0.4, 0.5) is 10.1 Å². The fourth-order valence-corrected chi connectivity index (χ4v) is 1.47. The van der Waals surface area contributed by atoms with E-state index in [4.69, 9.17) is 4.74 Å². The summed E-state index contributed by atoms with van der Waals surface area (Å²) in [6.07, 6.45) is 4.05. The molecule has 1 rings (SSSR count). The van der Waals surface area contributed by atoms with Gasteiger partial charge in [-0.25, -0.2) is 4.39 Å². The van der Waals surface area contributed by atoms with Gasteiger partial charge in [0.15, 0.2) is 5.75 Å². The second-order valence-electron chi connectivity index (χ2n) is 3.78. The molecule has 0 unspecified atom stereocenters. The molecule has 0 aromatic heterocycles. The Morgan fingerprint density at radius 1 is 1.35 bits per heavy atom. The first-order valence-corrected chi connectivity index (χ1v) is 5.72. The SMILES string of the molecule is CCCCCCOc1cc(F)ccc1[N+](=O)[O-]. The highest BCUT2D eigenvalue weighted by Crippen LogP contribution is 2.27. The Morgan fingerprint density at radius 2 is 2.12 bits per heavy atom. The lowest BCUT2D eigenvalue weighted by atomic mass is 10.2. The van der Waals surface area contributed by atoms with Crippen molar-refractivity contribution in [3.63, 3.8) is 0 Å². The molecular weight excluding hydrogens is 225 g/mol. The molecule has 0 aliphatic carbocycles. The predicted octanol–water partition coefficient (Wildman–Crippen LogP) is 3.69. The van der Waals surface area contributed by atoms with E-state index in [9.17, 15) is 14.5 Å². The summed E-state index contributed by atoms with van der Waals surface area (Å²) in [5.74, 6) is -0.523. The summed E-state index contributed by atoms with van der Waals surface area (Å²) in [6.45, 7) is 2.47. The fourth-order valence-electron chi connectivity index (χ4n) is 1.47. The summed E-state index contributed by atoms with van der Waals surface area (Å²) < 4.78 is 18.2. The number of nitro benzene ring substituents is 1. The summed E-state index contributed by atoms with van der Waals surface area (Å²) in [7, 11) is 0. The molecule has 0 aliphatic heterocycles. The maximum absolute atomic E-state index is 12.9. The molecule has 0 bridgehead atoms. The molecule has 0 saturated carbocycles. The molecular formula is C12H16FNO3. The maximum atomic E-state index is 12.9. The number of hydrogen-bond acceptors (Lipinski definition) is 3. The van der Waals surface area contributed by atoms with E-state index in [1.165, 1.54) is 0 Å². The van der Waals surface area contributed by atoms with E-state index in [0.29, 0.717) is 6.61 Å². The molecule has 94 valence electrons. The molecule has 0 amide bonds. The lowest BCUT2D eigenvalue weighted by Crippen LogP contribution is -2.01. The Balaban J connectivity index is 2.56. The first-order chi connectivity index (χ1) is 8.15. The van der Waals surface area contributed by atoms with Crippen LogP contribution in [0, 0.1) is 15.9 Å². The zero-order valence-electron chi connectivity index (χ0n) is 9.82. The molecule has 0 radical (unpaired) electrons. The second-order valence-corrected chi connectivity index (χ2v) is 3.78. The van der Waals surface area contributed by atoms with Gasteiger partial charge in [0.2, 0.25) is 0 Å². The van der Waals surface area contributed by atoms with Gasteiger partial charge in [-0.1, -0.05) is 26.2 Å². The Hall–Kier alpha value is -1.65. The number of halogens is 1. The highest BCUT2D eigenvalue weighted by atomic mass is 19.1. The monoisotopic (exact) mass is 241 g/mol. The lowest BCUT2D eigenvalue weighted by Gasteiger charge is -2.06. The van der Waals surface area contributed by atoms with Crippen LogP contribution in [0.3, 0.4) is 0 Å². The number of benzene rings is 1. The zero-order valence-corrected chi connectivity index (χ0v) is 9.82. The summed E-state index contributed by atoms with van der Waals surface area (Å²) in [5, 5.41) is 10.7. The highest BCUT2D eigenvalue weighted by molar-refractivity contribution is 5.46. The average Bonchev–Trinajstić information content (AvgIpc) is 2.28. The first kappa shape index (κ1) is 13.4. The van der Waals surface area contributed by atoms with E-state index in [1.54, 1.807) is 0 Å². The van der Waals surface area contributed by atoms with Crippen molar-refractivity contribution in [3.8, 4) is 5.75 Å². The number of nitro groups is 1. The van der Waals surface area contributed by atoms with E-state index in [0.717, 1.165) is 43.9 Å². The van der Waals surface area contributed by atoms with Crippen molar-refractivity contribution in [1.29, 1.82) is 0 Å². The summed E-state index contributed by atoms with van der Waals surface area (Å²) in [6, 6.07) is 3.23. The van der Waals surface area contributed by atoms with Gasteiger partial charge in [0, 0.05) is 12.1 Å². The first-order valence-electron chi connectivity index (χ1n) is 5.72. The van der Waals surface area contributed by atoms with Crippen LogP contribution < -0.4 is 4.74 Å². The summed E-state index contributed by atoms with van der Waals surface area (Å²) in [4.78, 5) is 10.1. The van der Waals surface area contributed by atoms with Crippen LogP contribution in [0.15, 0.2) is 18.2 Å². The van der Waals surface area contributed by atoms with Crippen LogP contribution in [-0.4, -0.2) is 11.5 Å². The molecule has 0 atom stereocenters. The lowest BCUT2D eigenvalue weighted by molar-refractivity contribution is -0.385. The van der Waals surface area contributed by atoms with Crippen molar-refractivity contribution in [2.24, 2.45) is 0 Å². The van der Waals surface area contributed by atoms with Crippen molar-refractivity contribution in [2.45, 2.75) is 32.6 Å². The maximum Gasteiger partial charge on any atom is 0.311 e. The van der Waals surface area contributed by atoms with Gasteiger partial charge < -0.3 is 4.74 Å². The van der Waals surface area contributed by atoms with Gasteiger partial charge in [-0.2, -0.15) is 0 Å². The van der Waals surface area contributed by atoms with Gasteiger partial charge in [-0.15, -0.1) is 0 Å². The van der Waals surface area contributed by atoms with Crippen molar-refractivity contribution >= 4 is 5.69 Å². The predicted molar refractivity (Wildman–Crippen MR) is 62.7 cm³/mol. The minimum Gasteiger partial charge on any atom is -0.487 e. The molecule has 0 fully saturated rings. The third-order valence-electron chi connectivity index (χ3n) is 2.37. The quantitative estimate of drug-likeness (QED) is 0.415. The smallest absolute Gasteiger partial charge is 0.311 e. The van der Waals surface area contributed by atoms with Gasteiger partial charge in [-0.05, 0) is 12.5 Å². The van der Waals surface area contributed by atoms with Crippen molar-refractivity contribution in [3.05, 3.63) is 34.1 Å². The third-order valence-corrected chi connectivity index (χ3v) is 2.37. The van der Waals surface area contributed by atoms with E-state index < -0.39 is 10.7 Å². The van der Waals surface area contributed by atoms with Crippen LogP contribution in [0.1, 0.15) is 32.6 Å². The largest absolute Gasteiger partial charge is 0.487 e. The molecule has 1 aromatic rings. The Bertz CT molecular complexity index is 382. The molecule has 5 heteroatoms. The molecule has 0 heterocycles. The van der Waals surface area contributed by atoms with Crippen molar-refractivity contribution in [1.82, 2.24) is 0 Å². The van der Waals surface area contributed by atoms with Crippen LogP contribution in [0.25, 0.3) is 0 Å². The van der Waals surface area contributed by atoms with Crippen LogP contribution in [0.2, 0.25) is 0 Å². The molecule has 0 spiro atoms. The number of nitrogens with zero attached hydrogens (tertiary/aromatic N) is 1. The molecule has 17 heavy (non-hydrogen) atoms. The van der Waals surface area contributed by atoms with Gasteiger partial charge in [0.1, 0.15) is 5.82 Å². The Morgan fingerprint density at radius 3 is 2.76 bits per heavy atom. The standard InChI is InChI=1S/C12H16FNO3/c1-2-3-4-5-8-17-12-9-10(13)6-7-11(12)14(15)16/h6-7,9H,2-5,8H2,1H3. The number of ether oxygens (including phenoxy) is 1. The Labute approximate surface area is 99.6 Å². The van der Waals surface area contributed by atoms with E-state index in [2.05, 4.69) is 6.92 Å². The molecule has 4 nitrogen and oxygen atoms in total. The van der Waals surface area contributed by atoms with E-state index >= 15 is 0 Å². The van der Waals surface area contributed by atoms with Crippen molar-refractivity contribution in [2.75, 3.05) is 6.61 Å². The summed E-state index contributed by atoms with van der Waals surface area (Å²) >= 11 is 0. The van der Waals surface area contributed by atoms with Crippen LogP contribution >= 0.6 is 0 Å². The topological polar surface area (TPSA) is 52.4 Å². The van der Waals surface area contributed by atoms with Gasteiger partial charge in [-0.3, -0.25) is 10.1 Å². The minimum atomic E-state index is -0.569. The molecule has 0 N–H and O–H groups in total. The van der Waals surface area contributed by atoms with Crippen LogP contribution in [-0.2, 0) is 0 Å². The van der Waals surface area contributed by atoms with Crippen LogP contribution in [0.5, 0.6) is 5.75 Å². The van der Waals surface area contributed by atoms with Gasteiger partial charge >= 0.3 is 5.69 Å². The van der Waals surface area contributed by atoms with Gasteiger partial charge in [0.05, 0.1) is 11.5 Å². The molecule has 0 aliphatic rings. The minimum absolute atomic E-state index is 0.00602. The Kier molecular flexibility index (Phi) is 5.39. The third kappa shape index (κ3) is 4.38. The number of unbranched alkanes of at least 4 members (excludes halogenated alkanes) is 3. The molecule has 1 aromatic carbocycles. The normalized spacial score (nSPS) is 10.2. The fraction of sp³-hybridized carbons (Fsp3) is 0.500. The number of hydrogen-bond donors (Lipinski definition) is 0. The van der Waals surface area contributed by atoms with Gasteiger partial charge in [0.25, 0.3) is 0 Å². The molecule has 0 saturated heterocycles. The number of rotatable bonds is 7. The average molecular weight is 241 g/mol.